The number of carbonyl (C=O) groups is 1. The van der Waals surface area contributed by atoms with Crippen LogP contribution < -0.4 is 5.32 Å². The molecular formula is C20H21N5O. The topological polar surface area (TPSA) is 72.7 Å². The van der Waals surface area contributed by atoms with E-state index in [0.29, 0.717) is 6.54 Å². The van der Waals surface area contributed by atoms with E-state index < -0.39 is 0 Å². The number of hydrogen-bond donors (Lipinski definition) is 1. The second-order valence-electron chi connectivity index (χ2n) is 6.49. The largest absolute Gasteiger partial charge is 0.355 e. The van der Waals surface area contributed by atoms with Gasteiger partial charge in [-0.1, -0.05) is 30.3 Å². The molecule has 0 saturated carbocycles. The number of pyridine rings is 1. The van der Waals surface area contributed by atoms with Crippen molar-refractivity contribution in [3.8, 4) is 11.4 Å². The molecule has 3 heterocycles. The number of rotatable bonds is 5. The van der Waals surface area contributed by atoms with Crippen LogP contribution in [0.4, 0.5) is 0 Å². The fraction of sp³-hybridized carbons (Fsp3) is 0.300. The Morgan fingerprint density at radius 1 is 1.12 bits per heavy atom. The van der Waals surface area contributed by atoms with Crippen LogP contribution in [0, 0.1) is 0 Å². The third-order valence-electron chi connectivity index (χ3n) is 4.78. The predicted octanol–water partition coefficient (Wildman–Crippen LogP) is 2.58. The van der Waals surface area contributed by atoms with Gasteiger partial charge in [-0.25, -0.2) is 0 Å². The maximum Gasteiger partial charge on any atom is 0.230 e. The minimum atomic E-state index is -0.234. The van der Waals surface area contributed by atoms with Crippen molar-refractivity contribution in [1.29, 1.82) is 0 Å². The van der Waals surface area contributed by atoms with Crippen molar-refractivity contribution in [3.05, 3.63) is 66.2 Å². The number of amides is 1. The summed E-state index contributed by atoms with van der Waals surface area (Å²) in [7, 11) is 0. The molecule has 1 aliphatic heterocycles. The van der Waals surface area contributed by atoms with Gasteiger partial charge in [0.2, 0.25) is 5.91 Å². The van der Waals surface area contributed by atoms with Gasteiger partial charge in [-0.15, -0.1) is 10.2 Å². The van der Waals surface area contributed by atoms with E-state index in [2.05, 4.69) is 37.2 Å². The highest BCUT2D eigenvalue weighted by molar-refractivity contribution is 5.83. The molecule has 0 spiro atoms. The Kier molecular flexibility index (Phi) is 4.73. The summed E-state index contributed by atoms with van der Waals surface area (Å²) in [6, 6.07) is 14.0. The number of nitrogens with zero attached hydrogens (tertiary/aromatic N) is 4. The number of nitrogens with one attached hydrogen (secondary N) is 1. The Morgan fingerprint density at radius 3 is 2.73 bits per heavy atom. The molecule has 0 saturated heterocycles. The molecule has 6 nitrogen and oxygen atoms in total. The van der Waals surface area contributed by atoms with Gasteiger partial charge in [-0.2, -0.15) is 0 Å². The Labute approximate surface area is 152 Å². The van der Waals surface area contributed by atoms with E-state index in [1.54, 1.807) is 12.4 Å². The molecule has 26 heavy (non-hydrogen) atoms. The highest BCUT2D eigenvalue weighted by Crippen LogP contribution is 2.30. The first-order valence-electron chi connectivity index (χ1n) is 8.98. The number of hydrogen-bond acceptors (Lipinski definition) is 4. The number of fused-ring (bicyclic) bond motifs is 1. The van der Waals surface area contributed by atoms with Gasteiger partial charge in [-0.3, -0.25) is 9.78 Å². The van der Waals surface area contributed by atoms with Crippen molar-refractivity contribution >= 4 is 5.91 Å². The Hall–Kier alpha value is -3.02. The maximum absolute atomic E-state index is 12.7. The number of carbonyl (C=O) groups excluding carboxylic acids is 1. The molecule has 132 valence electrons. The van der Waals surface area contributed by atoms with Gasteiger partial charge in [0.15, 0.2) is 5.82 Å². The minimum Gasteiger partial charge on any atom is -0.355 e. The first-order valence-corrected chi connectivity index (χ1v) is 8.98. The normalized spacial score (nSPS) is 16.1. The zero-order valence-corrected chi connectivity index (χ0v) is 14.5. The zero-order chi connectivity index (χ0) is 17.8. The lowest BCUT2D eigenvalue weighted by Crippen LogP contribution is -2.34. The summed E-state index contributed by atoms with van der Waals surface area (Å²) in [5.74, 6) is 1.38. The molecule has 1 N–H and O–H groups in total. The molecule has 1 aliphatic rings. The van der Waals surface area contributed by atoms with Crippen LogP contribution in [0.25, 0.3) is 11.4 Å². The van der Waals surface area contributed by atoms with Crippen molar-refractivity contribution in [1.82, 2.24) is 25.1 Å². The van der Waals surface area contributed by atoms with Crippen molar-refractivity contribution in [2.75, 3.05) is 6.54 Å². The molecule has 1 unspecified atom stereocenters. The van der Waals surface area contributed by atoms with Crippen LogP contribution in [0.2, 0.25) is 0 Å². The smallest absolute Gasteiger partial charge is 0.230 e. The first kappa shape index (κ1) is 16.4. The van der Waals surface area contributed by atoms with Crippen LogP contribution in [0.5, 0.6) is 0 Å². The van der Waals surface area contributed by atoms with E-state index >= 15 is 0 Å². The van der Waals surface area contributed by atoms with Gasteiger partial charge in [0.1, 0.15) is 5.82 Å². The SMILES string of the molecule is O=C(NCCc1ccccc1)C1CCCn2c(-c3ccncc3)nnc21. The molecule has 4 rings (SSSR count). The van der Waals surface area contributed by atoms with Crippen LogP contribution in [-0.2, 0) is 17.8 Å². The summed E-state index contributed by atoms with van der Waals surface area (Å²) in [4.78, 5) is 16.7. The predicted molar refractivity (Wildman–Crippen MR) is 98.4 cm³/mol. The third-order valence-corrected chi connectivity index (χ3v) is 4.78. The molecule has 3 aromatic rings. The molecule has 0 fully saturated rings. The van der Waals surface area contributed by atoms with Gasteiger partial charge < -0.3 is 9.88 Å². The summed E-state index contributed by atoms with van der Waals surface area (Å²) in [5.41, 5.74) is 2.20. The first-order chi connectivity index (χ1) is 12.8. The Bertz CT molecular complexity index is 876. The van der Waals surface area contributed by atoms with Crippen LogP contribution in [0.3, 0.4) is 0 Å². The number of benzene rings is 1. The standard InChI is InChI=1S/C20H21N5O/c26-20(22-13-8-15-5-2-1-3-6-15)17-7-4-14-25-18(23-24-19(17)25)16-9-11-21-12-10-16/h1-3,5-6,9-12,17H,4,7-8,13-14H2,(H,22,26). The van der Waals surface area contributed by atoms with Gasteiger partial charge in [0.25, 0.3) is 0 Å². The quantitative estimate of drug-likeness (QED) is 0.770. The Morgan fingerprint density at radius 2 is 1.92 bits per heavy atom. The molecule has 0 aliphatic carbocycles. The molecule has 1 aromatic carbocycles. The lowest BCUT2D eigenvalue weighted by Gasteiger charge is -2.23. The van der Waals surface area contributed by atoms with Gasteiger partial charge >= 0.3 is 0 Å². The monoisotopic (exact) mass is 347 g/mol. The van der Waals surface area contributed by atoms with Gasteiger partial charge in [0.05, 0.1) is 5.92 Å². The van der Waals surface area contributed by atoms with Gasteiger partial charge in [-0.05, 0) is 37.0 Å². The second kappa shape index (κ2) is 7.47. The zero-order valence-electron chi connectivity index (χ0n) is 14.5. The fourth-order valence-corrected chi connectivity index (χ4v) is 3.44. The van der Waals surface area contributed by atoms with E-state index in [0.717, 1.165) is 43.0 Å². The van der Waals surface area contributed by atoms with Crippen molar-refractivity contribution in [2.45, 2.75) is 31.7 Å². The van der Waals surface area contributed by atoms with Gasteiger partial charge in [0, 0.05) is 31.0 Å². The maximum atomic E-state index is 12.7. The van der Waals surface area contributed by atoms with Crippen molar-refractivity contribution < 1.29 is 4.79 Å². The van der Waals surface area contributed by atoms with Crippen LogP contribution in [0.1, 0.15) is 30.1 Å². The van der Waals surface area contributed by atoms with Crippen LogP contribution in [0.15, 0.2) is 54.9 Å². The Balaban J connectivity index is 1.46. The average molecular weight is 347 g/mol. The van der Waals surface area contributed by atoms with Crippen LogP contribution >= 0.6 is 0 Å². The van der Waals surface area contributed by atoms with E-state index in [-0.39, 0.29) is 11.8 Å². The van der Waals surface area contributed by atoms with E-state index in [1.807, 2.05) is 30.3 Å². The summed E-state index contributed by atoms with van der Waals surface area (Å²) in [6.45, 7) is 1.47. The van der Waals surface area contributed by atoms with E-state index in [1.165, 1.54) is 5.56 Å². The van der Waals surface area contributed by atoms with E-state index in [4.69, 9.17) is 0 Å². The molecule has 0 bridgehead atoms. The molecule has 1 atom stereocenters. The lowest BCUT2D eigenvalue weighted by atomic mass is 9.97. The van der Waals surface area contributed by atoms with Crippen molar-refractivity contribution in [2.24, 2.45) is 0 Å². The third kappa shape index (κ3) is 3.35. The summed E-state index contributed by atoms with van der Waals surface area (Å²) in [6.07, 6.45) is 6.07. The summed E-state index contributed by atoms with van der Waals surface area (Å²) >= 11 is 0. The lowest BCUT2D eigenvalue weighted by molar-refractivity contribution is -0.123. The minimum absolute atomic E-state index is 0.0376. The second-order valence-corrected chi connectivity index (χ2v) is 6.49. The van der Waals surface area contributed by atoms with Crippen LogP contribution in [-0.4, -0.2) is 32.2 Å². The summed E-state index contributed by atoms with van der Waals surface area (Å²) in [5, 5.41) is 11.7. The molecular weight excluding hydrogens is 326 g/mol. The molecule has 1 amide bonds. The average Bonchev–Trinajstić information content (AvgIpc) is 3.13. The fourth-order valence-electron chi connectivity index (χ4n) is 3.44. The molecule has 6 heteroatoms. The highest BCUT2D eigenvalue weighted by atomic mass is 16.1. The highest BCUT2D eigenvalue weighted by Gasteiger charge is 2.30. The summed E-state index contributed by atoms with van der Waals surface area (Å²) < 4.78 is 2.07. The van der Waals surface area contributed by atoms with Crippen molar-refractivity contribution in [3.63, 3.8) is 0 Å². The number of aromatic nitrogens is 4. The molecule has 2 aromatic heterocycles. The molecule has 0 radical (unpaired) electrons. The van der Waals surface area contributed by atoms with E-state index in [9.17, 15) is 4.79 Å².